The maximum Gasteiger partial charge on any atom is 0.192 e. The van der Waals surface area contributed by atoms with E-state index in [4.69, 9.17) is 14.6 Å². The van der Waals surface area contributed by atoms with Gasteiger partial charge in [-0.25, -0.2) is 0 Å². The van der Waals surface area contributed by atoms with Gasteiger partial charge in [-0.1, -0.05) is 50.6 Å². The van der Waals surface area contributed by atoms with Gasteiger partial charge in [0.05, 0.1) is 5.41 Å². The number of nitrogens with zero attached hydrogens (tertiary/aromatic N) is 3. The van der Waals surface area contributed by atoms with Crippen molar-refractivity contribution >= 4 is 20.1 Å². The van der Waals surface area contributed by atoms with Crippen molar-refractivity contribution in [2.75, 3.05) is 12.4 Å². The van der Waals surface area contributed by atoms with Gasteiger partial charge in [0.2, 0.25) is 0 Å². The molecule has 1 fully saturated rings. The van der Waals surface area contributed by atoms with Gasteiger partial charge in [0.1, 0.15) is 11.6 Å². The molecule has 4 nitrogen and oxygen atoms in total. The molecule has 2 aromatic rings. The summed E-state index contributed by atoms with van der Waals surface area (Å²) in [5, 5.41) is 9.70. The Bertz CT molecular complexity index is 912. The highest BCUT2D eigenvalue weighted by Gasteiger charge is 2.51. The highest BCUT2D eigenvalue weighted by atomic mass is 32.2. The molecule has 1 saturated carbocycles. The first-order valence-electron chi connectivity index (χ1n) is 11.2. The van der Waals surface area contributed by atoms with Crippen molar-refractivity contribution in [2.45, 2.75) is 88.7 Å². The topological polar surface area (TPSA) is 39.9 Å². The van der Waals surface area contributed by atoms with Gasteiger partial charge in [0, 0.05) is 30.1 Å². The number of aromatic nitrogens is 3. The summed E-state index contributed by atoms with van der Waals surface area (Å²) in [6.45, 7) is 17.9. The van der Waals surface area contributed by atoms with Crippen LogP contribution in [0.5, 0.6) is 0 Å². The second-order valence-corrected chi connectivity index (χ2v) is 17.6. The quantitative estimate of drug-likeness (QED) is 0.553. The van der Waals surface area contributed by atoms with Crippen molar-refractivity contribution in [2.24, 2.45) is 0 Å². The standard InChI is InChI=1S/C24H37N3OSSi/c1-18-8-10-19(11-9-18)24(12-13-24)21-26-25-20-16-23(5,29-15-14-27(20)21)17-28-30(6,7)22(2,3)4/h8-11H,12-17H2,1-7H3/t23-/m1/s1. The molecule has 0 spiro atoms. The van der Waals surface area contributed by atoms with E-state index in [0.29, 0.717) is 0 Å². The molecule has 0 radical (unpaired) electrons. The third-order valence-corrected chi connectivity index (χ3v) is 13.3. The van der Waals surface area contributed by atoms with Crippen molar-refractivity contribution in [3.63, 3.8) is 0 Å². The first kappa shape index (κ1) is 22.1. The molecule has 0 bridgehead atoms. The lowest BCUT2D eigenvalue weighted by molar-refractivity contribution is 0.252. The van der Waals surface area contributed by atoms with Gasteiger partial charge in [-0.15, -0.1) is 10.2 Å². The lowest BCUT2D eigenvalue weighted by Crippen LogP contribution is -2.45. The Hall–Kier alpha value is -1.11. The highest BCUT2D eigenvalue weighted by Crippen LogP contribution is 2.53. The molecule has 0 N–H and O–H groups in total. The zero-order chi connectivity index (χ0) is 21.8. The number of thioether (sulfide) groups is 1. The van der Waals surface area contributed by atoms with Crippen LogP contribution in [-0.4, -0.2) is 40.2 Å². The first-order chi connectivity index (χ1) is 14.0. The monoisotopic (exact) mass is 443 g/mol. The predicted octanol–water partition coefficient (Wildman–Crippen LogP) is 5.74. The van der Waals surface area contributed by atoms with E-state index in [9.17, 15) is 0 Å². The van der Waals surface area contributed by atoms with Crippen LogP contribution >= 0.6 is 11.8 Å². The SMILES string of the molecule is Cc1ccc(C2(c3nnc4n3CCS[C@@](C)(CO[Si](C)(C)C(C)(C)C)C4)CC2)cc1. The lowest BCUT2D eigenvalue weighted by Gasteiger charge is -2.39. The number of hydrogen-bond donors (Lipinski definition) is 0. The van der Waals surface area contributed by atoms with E-state index in [0.717, 1.165) is 31.1 Å². The molecule has 6 heteroatoms. The van der Waals surface area contributed by atoms with Crippen molar-refractivity contribution in [1.29, 1.82) is 0 Å². The normalized spacial score (nSPS) is 23.7. The van der Waals surface area contributed by atoms with E-state index in [2.05, 4.69) is 76.5 Å². The minimum atomic E-state index is -1.76. The molecule has 1 atom stereocenters. The van der Waals surface area contributed by atoms with Crippen LogP contribution in [0.3, 0.4) is 0 Å². The summed E-state index contributed by atoms with van der Waals surface area (Å²) in [6.07, 6.45) is 3.27. The summed E-state index contributed by atoms with van der Waals surface area (Å²) in [6, 6.07) is 9.01. The molecule has 1 aromatic heterocycles. The van der Waals surface area contributed by atoms with Gasteiger partial charge in [-0.3, -0.25) is 0 Å². The summed E-state index contributed by atoms with van der Waals surface area (Å²) in [5.74, 6) is 3.39. The molecule has 1 aliphatic heterocycles. The fraction of sp³-hybridized carbons (Fsp3) is 0.667. The van der Waals surface area contributed by atoms with E-state index in [1.165, 1.54) is 29.8 Å². The molecule has 0 amide bonds. The molecule has 0 saturated heterocycles. The molecule has 1 aromatic carbocycles. The zero-order valence-electron chi connectivity index (χ0n) is 19.7. The number of rotatable bonds is 5. The zero-order valence-corrected chi connectivity index (χ0v) is 21.5. The van der Waals surface area contributed by atoms with Crippen LogP contribution in [-0.2, 0) is 22.8 Å². The lowest BCUT2D eigenvalue weighted by atomic mass is 9.94. The molecule has 0 unspecified atom stereocenters. The fourth-order valence-electron chi connectivity index (χ4n) is 4.11. The van der Waals surface area contributed by atoms with Crippen LogP contribution in [0.4, 0.5) is 0 Å². The third kappa shape index (κ3) is 4.03. The molecular formula is C24H37N3OSSi. The van der Waals surface area contributed by atoms with Gasteiger partial charge in [0.15, 0.2) is 8.32 Å². The van der Waals surface area contributed by atoms with Crippen LogP contribution in [0.25, 0.3) is 0 Å². The number of aryl methyl sites for hydroxylation is 1. The van der Waals surface area contributed by atoms with E-state index in [1.807, 2.05) is 11.8 Å². The maximum absolute atomic E-state index is 6.63. The van der Waals surface area contributed by atoms with E-state index < -0.39 is 8.32 Å². The molecule has 164 valence electrons. The van der Waals surface area contributed by atoms with Crippen LogP contribution < -0.4 is 0 Å². The summed E-state index contributed by atoms with van der Waals surface area (Å²) >= 11 is 2.04. The summed E-state index contributed by atoms with van der Waals surface area (Å²) in [4.78, 5) is 0. The summed E-state index contributed by atoms with van der Waals surface area (Å²) in [5.41, 5.74) is 2.77. The molecule has 2 aliphatic rings. The van der Waals surface area contributed by atoms with Gasteiger partial charge in [-0.05, 0) is 50.4 Å². The van der Waals surface area contributed by atoms with Gasteiger partial charge < -0.3 is 8.99 Å². The molecule has 4 rings (SSSR count). The van der Waals surface area contributed by atoms with Gasteiger partial charge >= 0.3 is 0 Å². The highest BCUT2D eigenvalue weighted by molar-refractivity contribution is 8.00. The van der Waals surface area contributed by atoms with Crippen LogP contribution in [0.1, 0.15) is 63.3 Å². The van der Waals surface area contributed by atoms with Gasteiger partial charge in [0.25, 0.3) is 0 Å². The summed E-state index contributed by atoms with van der Waals surface area (Å²) < 4.78 is 9.11. The minimum Gasteiger partial charge on any atom is -0.415 e. The van der Waals surface area contributed by atoms with Crippen molar-refractivity contribution in [1.82, 2.24) is 14.8 Å². The van der Waals surface area contributed by atoms with E-state index in [-0.39, 0.29) is 15.2 Å². The van der Waals surface area contributed by atoms with Crippen molar-refractivity contribution < 1.29 is 4.43 Å². The van der Waals surface area contributed by atoms with Crippen LogP contribution in [0, 0.1) is 6.92 Å². The Morgan fingerprint density at radius 3 is 2.40 bits per heavy atom. The summed E-state index contributed by atoms with van der Waals surface area (Å²) in [7, 11) is -1.76. The number of benzene rings is 1. The molecule has 1 aliphatic carbocycles. The second kappa shape index (κ2) is 7.49. The molecule has 30 heavy (non-hydrogen) atoms. The average molecular weight is 444 g/mol. The Kier molecular flexibility index (Phi) is 5.51. The molecule has 2 heterocycles. The Labute approximate surface area is 187 Å². The van der Waals surface area contributed by atoms with E-state index in [1.54, 1.807) is 0 Å². The Balaban J connectivity index is 1.56. The van der Waals surface area contributed by atoms with Gasteiger partial charge in [-0.2, -0.15) is 11.8 Å². The fourth-order valence-corrected chi connectivity index (χ4v) is 6.46. The third-order valence-electron chi connectivity index (χ3n) is 7.45. The predicted molar refractivity (Wildman–Crippen MR) is 129 cm³/mol. The molecular weight excluding hydrogens is 406 g/mol. The van der Waals surface area contributed by atoms with Crippen LogP contribution in [0.2, 0.25) is 18.1 Å². The Morgan fingerprint density at radius 2 is 1.80 bits per heavy atom. The minimum absolute atomic E-state index is 0.0502. The Morgan fingerprint density at radius 1 is 1.13 bits per heavy atom. The first-order valence-corrected chi connectivity index (χ1v) is 15.1. The average Bonchev–Trinajstić information content (AvgIpc) is 3.40. The number of fused-ring (bicyclic) bond motifs is 1. The number of hydrogen-bond acceptors (Lipinski definition) is 4. The van der Waals surface area contributed by atoms with Crippen molar-refractivity contribution in [3.8, 4) is 0 Å². The second-order valence-electron chi connectivity index (χ2n) is 11.1. The largest absolute Gasteiger partial charge is 0.415 e. The smallest absolute Gasteiger partial charge is 0.192 e. The maximum atomic E-state index is 6.63. The van der Waals surface area contributed by atoms with E-state index >= 15 is 0 Å². The van der Waals surface area contributed by atoms with Crippen molar-refractivity contribution in [3.05, 3.63) is 47.0 Å². The van der Waals surface area contributed by atoms with Crippen LogP contribution in [0.15, 0.2) is 24.3 Å².